The molecule has 2 amide bonds. The number of halogens is 2. The molecule has 0 aliphatic carbocycles. The number of aromatic amines is 1. The number of urea groups is 1. The molecule has 0 atom stereocenters. The van der Waals surface area contributed by atoms with Gasteiger partial charge in [0.15, 0.2) is 0 Å². The summed E-state index contributed by atoms with van der Waals surface area (Å²) in [6.07, 6.45) is 0. The van der Waals surface area contributed by atoms with E-state index in [4.69, 9.17) is 11.6 Å². The molecule has 4 aromatic rings. The zero-order valence-corrected chi connectivity index (χ0v) is 18.1. The molecule has 162 valence electrons. The fourth-order valence-corrected chi connectivity index (χ4v) is 3.67. The first kappa shape index (κ1) is 21.6. The van der Waals surface area contributed by atoms with Gasteiger partial charge in [0.05, 0.1) is 12.2 Å². The lowest BCUT2D eigenvalue weighted by molar-refractivity contribution is 0.206. The number of H-pyrrole nitrogens is 1. The van der Waals surface area contributed by atoms with Gasteiger partial charge in [0.2, 0.25) is 0 Å². The number of carbonyl (C=O) groups excluding carboxylic acids is 1. The van der Waals surface area contributed by atoms with Gasteiger partial charge in [-0.3, -0.25) is 4.79 Å². The number of pyridine rings is 1. The summed E-state index contributed by atoms with van der Waals surface area (Å²) < 4.78 is 14.1. The van der Waals surface area contributed by atoms with Crippen LogP contribution in [0.3, 0.4) is 0 Å². The summed E-state index contributed by atoms with van der Waals surface area (Å²) in [4.78, 5) is 30.1. The number of hydrogen-bond acceptors (Lipinski definition) is 2. The van der Waals surface area contributed by atoms with Gasteiger partial charge in [-0.15, -0.1) is 0 Å². The molecule has 2 N–H and O–H groups in total. The Kier molecular flexibility index (Phi) is 6.23. The van der Waals surface area contributed by atoms with Crippen LogP contribution in [-0.4, -0.2) is 15.9 Å². The van der Waals surface area contributed by atoms with Crippen molar-refractivity contribution in [2.24, 2.45) is 0 Å². The molecule has 1 heterocycles. The number of carbonyl (C=O) groups is 1. The Balaban J connectivity index is 1.68. The first-order valence-electron chi connectivity index (χ1n) is 10.1. The van der Waals surface area contributed by atoms with Crippen LogP contribution in [0.1, 0.15) is 16.7 Å². The highest BCUT2D eigenvalue weighted by Gasteiger charge is 2.19. The van der Waals surface area contributed by atoms with E-state index in [-0.39, 0.29) is 24.3 Å². The van der Waals surface area contributed by atoms with Gasteiger partial charge in [-0.05, 0) is 53.8 Å². The van der Waals surface area contributed by atoms with E-state index in [1.165, 1.54) is 17.0 Å². The summed E-state index contributed by atoms with van der Waals surface area (Å²) in [5.41, 5.74) is 2.66. The van der Waals surface area contributed by atoms with Crippen molar-refractivity contribution in [3.05, 3.63) is 111 Å². The van der Waals surface area contributed by atoms with Gasteiger partial charge in [0, 0.05) is 22.6 Å². The van der Waals surface area contributed by atoms with Gasteiger partial charge in [-0.2, -0.15) is 0 Å². The third-order valence-corrected chi connectivity index (χ3v) is 5.53. The fraction of sp³-hybridized carbons (Fsp3) is 0.120. The second-order valence-corrected chi connectivity index (χ2v) is 7.98. The number of nitrogens with zero attached hydrogens (tertiary/aromatic N) is 1. The predicted molar refractivity (Wildman–Crippen MR) is 125 cm³/mol. The molecule has 0 spiro atoms. The van der Waals surface area contributed by atoms with E-state index >= 15 is 0 Å². The quantitative estimate of drug-likeness (QED) is 0.400. The van der Waals surface area contributed by atoms with E-state index < -0.39 is 11.8 Å². The van der Waals surface area contributed by atoms with E-state index in [2.05, 4.69) is 10.3 Å². The largest absolute Gasteiger partial charge is 0.322 e. The molecule has 1 aromatic heterocycles. The Bertz CT molecular complexity index is 1350. The molecule has 0 radical (unpaired) electrons. The highest BCUT2D eigenvalue weighted by atomic mass is 35.5. The van der Waals surface area contributed by atoms with Gasteiger partial charge >= 0.3 is 6.03 Å². The third-order valence-electron chi connectivity index (χ3n) is 5.16. The van der Waals surface area contributed by atoms with Crippen LogP contribution in [0.25, 0.3) is 10.9 Å². The minimum absolute atomic E-state index is 0.0185. The number of hydrogen-bond donors (Lipinski definition) is 2. The van der Waals surface area contributed by atoms with Crippen molar-refractivity contribution in [2.75, 3.05) is 5.32 Å². The Morgan fingerprint density at radius 3 is 2.50 bits per heavy atom. The van der Waals surface area contributed by atoms with Crippen LogP contribution in [0.2, 0.25) is 5.02 Å². The lowest BCUT2D eigenvalue weighted by Crippen LogP contribution is -2.36. The maximum atomic E-state index is 14.1. The maximum Gasteiger partial charge on any atom is 0.322 e. The summed E-state index contributed by atoms with van der Waals surface area (Å²) in [6, 6.07) is 20.1. The summed E-state index contributed by atoms with van der Waals surface area (Å²) in [6.45, 7) is 2.11. The second kappa shape index (κ2) is 9.24. The SMILES string of the molecule is Cc1ccc2cc(CN(Cc3ccccc3Cl)C(=O)Nc3ccccc3F)c(=O)[nH]c2c1. The topological polar surface area (TPSA) is 65.2 Å². The van der Waals surface area contributed by atoms with Crippen LogP contribution < -0.4 is 10.9 Å². The van der Waals surface area contributed by atoms with Gasteiger partial charge in [0.25, 0.3) is 5.56 Å². The van der Waals surface area contributed by atoms with Gasteiger partial charge in [-0.25, -0.2) is 9.18 Å². The number of nitrogens with one attached hydrogen (secondary N) is 2. The average Bonchev–Trinajstić information content (AvgIpc) is 2.76. The van der Waals surface area contributed by atoms with Crippen molar-refractivity contribution in [3.8, 4) is 0 Å². The van der Waals surface area contributed by atoms with Crippen molar-refractivity contribution in [3.63, 3.8) is 0 Å². The molecule has 0 saturated heterocycles. The number of aromatic nitrogens is 1. The summed E-state index contributed by atoms with van der Waals surface area (Å²) in [5, 5.41) is 3.95. The van der Waals surface area contributed by atoms with Crippen molar-refractivity contribution < 1.29 is 9.18 Å². The van der Waals surface area contributed by atoms with Crippen molar-refractivity contribution in [2.45, 2.75) is 20.0 Å². The molecule has 7 heteroatoms. The molecule has 0 saturated carbocycles. The first-order valence-corrected chi connectivity index (χ1v) is 10.4. The highest BCUT2D eigenvalue weighted by molar-refractivity contribution is 6.31. The Hall–Kier alpha value is -3.64. The minimum Gasteiger partial charge on any atom is -0.322 e. The number of anilines is 1. The summed E-state index contributed by atoms with van der Waals surface area (Å²) >= 11 is 6.30. The van der Waals surface area contributed by atoms with E-state index in [1.807, 2.05) is 31.2 Å². The zero-order valence-electron chi connectivity index (χ0n) is 17.4. The minimum atomic E-state index is -0.544. The predicted octanol–water partition coefficient (Wildman–Crippen LogP) is 5.86. The van der Waals surface area contributed by atoms with Crippen LogP contribution in [0, 0.1) is 12.7 Å². The Morgan fingerprint density at radius 1 is 1.00 bits per heavy atom. The van der Waals surface area contributed by atoms with E-state index in [0.29, 0.717) is 16.1 Å². The molecule has 0 aliphatic heterocycles. The molecule has 5 nitrogen and oxygen atoms in total. The van der Waals surface area contributed by atoms with Crippen LogP contribution >= 0.6 is 11.6 Å². The summed E-state index contributed by atoms with van der Waals surface area (Å²) in [5.74, 6) is -0.544. The van der Waals surface area contributed by atoms with Crippen LogP contribution in [-0.2, 0) is 13.1 Å². The fourth-order valence-electron chi connectivity index (χ4n) is 3.47. The van der Waals surface area contributed by atoms with Gasteiger partial charge in [0.1, 0.15) is 5.82 Å². The summed E-state index contributed by atoms with van der Waals surface area (Å²) in [7, 11) is 0. The molecule has 0 bridgehead atoms. The maximum absolute atomic E-state index is 14.1. The zero-order chi connectivity index (χ0) is 22.7. The molecule has 3 aromatic carbocycles. The Morgan fingerprint density at radius 2 is 1.72 bits per heavy atom. The first-order chi connectivity index (χ1) is 15.4. The molecular formula is C25H21ClFN3O2. The lowest BCUT2D eigenvalue weighted by Gasteiger charge is -2.24. The molecule has 32 heavy (non-hydrogen) atoms. The number of fused-ring (bicyclic) bond motifs is 1. The molecule has 0 unspecified atom stereocenters. The lowest BCUT2D eigenvalue weighted by atomic mass is 10.1. The van der Waals surface area contributed by atoms with Crippen molar-refractivity contribution >= 4 is 34.2 Å². The van der Waals surface area contributed by atoms with E-state index in [1.54, 1.807) is 36.4 Å². The molecular weight excluding hydrogens is 429 g/mol. The smallest absolute Gasteiger partial charge is 0.322 e. The third kappa shape index (κ3) is 4.81. The van der Waals surface area contributed by atoms with Gasteiger partial charge in [-0.1, -0.05) is 54.1 Å². The average molecular weight is 450 g/mol. The number of rotatable bonds is 5. The van der Waals surface area contributed by atoms with E-state index in [0.717, 1.165) is 16.5 Å². The normalized spacial score (nSPS) is 10.8. The number of benzene rings is 3. The van der Waals surface area contributed by atoms with Crippen molar-refractivity contribution in [1.82, 2.24) is 9.88 Å². The number of aryl methyl sites for hydroxylation is 1. The van der Waals surface area contributed by atoms with Gasteiger partial charge < -0.3 is 15.2 Å². The monoisotopic (exact) mass is 449 g/mol. The Labute approximate surface area is 189 Å². The molecule has 0 aliphatic rings. The second-order valence-electron chi connectivity index (χ2n) is 7.57. The standard InChI is InChI=1S/C25H21ClFN3O2/c1-16-10-11-17-13-19(24(31)28-23(17)12-16)15-30(14-18-6-2-3-7-20(18)26)25(32)29-22-9-5-4-8-21(22)27/h2-13H,14-15H2,1H3,(H,28,31)(H,29,32). The highest BCUT2D eigenvalue weighted by Crippen LogP contribution is 2.21. The number of amides is 2. The van der Waals surface area contributed by atoms with Crippen molar-refractivity contribution in [1.29, 1.82) is 0 Å². The molecule has 0 fully saturated rings. The van der Waals surface area contributed by atoms with Crippen LogP contribution in [0.5, 0.6) is 0 Å². The van der Waals surface area contributed by atoms with Crippen LogP contribution in [0.4, 0.5) is 14.9 Å². The van der Waals surface area contributed by atoms with Crippen LogP contribution in [0.15, 0.2) is 77.6 Å². The number of para-hydroxylation sites is 1. The molecule has 4 rings (SSSR count). The van der Waals surface area contributed by atoms with E-state index in [9.17, 15) is 14.0 Å².